The van der Waals surface area contributed by atoms with Crippen LogP contribution >= 0.6 is 7.29 Å². The summed E-state index contributed by atoms with van der Waals surface area (Å²) in [4.78, 5) is 2.44. The van der Waals surface area contributed by atoms with E-state index in [9.17, 15) is 4.57 Å². The predicted molar refractivity (Wildman–Crippen MR) is 102 cm³/mol. The standard InChI is InChI=1S/C20H26N2OP.Pr/c23-24(19-11-5-3-6-12-19,20-13-7-4-8-14-20)21-15-18-22-16-9-1-2-10-17-22;/h3-8,11-15H,1-2,9-10,16-18H2,(H,21,23);/q-1;. The summed E-state index contributed by atoms with van der Waals surface area (Å²) in [5, 5.41) is 4.99. The first-order valence-corrected chi connectivity index (χ1v) is 10.5. The molecule has 1 fully saturated rings. The Kier molecular flexibility index (Phi) is 9.31. The molecule has 25 heavy (non-hydrogen) atoms. The Morgan fingerprint density at radius 1 is 0.840 bits per heavy atom. The summed E-state index contributed by atoms with van der Waals surface area (Å²) in [5.41, 5.74) is 0. The minimum Gasteiger partial charge on any atom is -0.410 e. The second kappa shape index (κ2) is 10.9. The molecule has 1 N–H and O–H groups in total. The van der Waals surface area contributed by atoms with Crippen molar-refractivity contribution in [3.8, 4) is 0 Å². The van der Waals surface area contributed by atoms with Gasteiger partial charge in [0, 0.05) is 51.9 Å². The Bertz CT molecular complexity index is 614. The maximum Gasteiger partial charge on any atom is 0.177 e. The summed E-state index contributed by atoms with van der Waals surface area (Å²) in [6.45, 7) is 5.11. The summed E-state index contributed by atoms with van der Waals surface area (Å²) in [5.74, 6) is 0. The molecular weight excluding hydrogens is 456 g/mol. The fourth-order valence-corrected chi connectivity index (χ4v) is 5.31. The van der Waals surface area contributed by atoms with Crippen LogP contribution in [-0.2, 0) is 4.57 Å². The summed E-state index contributed by atoms with van der Waals surface area (Å²) in [7, 11) is -2.83. The molecule has 131 valence electrons. The van der Waals surface area contributed by atoms with Crippen molar-refractivity contribution >= 4 is 17.9 Å². The van der Waals surface area contributed by atoms with Gasteiger partial charge in [0.05, 0.1) is 0 Å². The zero-order valence-corrected chi connectivity index (χ0v) is 19.3. The summed E-state index contributed by atoms with van der Waals surface area (Å²) >= 11 is 0. The molecule has 1 saturated heterocycles. The van der Waals surface area contributed by atoms with Gasteiger partial charge in [-0.1, -0.05) is 49.2 Å². The van der Waals surface area contributed by atoms with Crippen LogP contribution in [0, 0.1) is 47.8 Å². The molecular formula is C20H26N2OPPr-. The van der Waals surface area contributed by atoms with Gasteiger partial charge in [-0.3, -0.25) is 4.57 Å². The van der Waals surface area contributed by atoms with Gasteiger partial charge in [0.1, 0.15) is 0 Å². The van der Waals surface area contributed by atoms with E-state index in [1.165, 1.54) is 25.7 Å². The third-order valence-electron chi connectivity index (χ3n) is 4.56. The van der Waals surface area contributed by atoms with E-state index < -0.39 is 7.29 Å². The number of benzene rings is 2. The molecule has 0 spiro atoms. The maximum atomic E-state index is 13.8. The minimum atomic E-state index is -2.83. The first-order valence-electron chi connectivity index (χ1n) is 8.82. The van der Waals surface area contributed by atoms with E-state index in [0.29, 0.717) is 0 Å². The Morgan fingerprint density at radius 3 is 1.80 bits per heavy atom. The van der Waals surface area contributed by atoms with Crippen LogP contribution in [0.3, 0.4) is 0 Å². The molecule has 0 aromatic heterocycles. The molecule has 1 radical (unpaired) electrons. The van der Waals surface area contributed by atoms with Crippen LogP contribution in [-0.4, -0.2) is 24.5 Å². The molecule has 0 aliphatic carbocycles. The number of hydrogen-bond donors (Lipinski definition) is 1. The van der Waals surface area contributed by atoms with Gasteiger partial charge in [-0.05, 0) is 50.2 Å². The van der Waals surface area contributed by atoms with E-state index in [-0.39, 0.29) is 41.3 Å². The quantitative estimate of drug-likeness (QED) is 0.505. The minimum absolute atomic E-state index is 0. The predicted octanol–water partition coefficient (Wildman–Crippen LogP) is 3.54. The van der Waals surface area contributed by atoms with Crippen molar-refractivity contribution in [1.82, 2.24) is 9.99 Å². The topological polar surface area (TPSA) is 32.3 Å². The summed E-state index contributed by atoms with van der Waals surface area (Å²) in [6, 6.07) is 19.5. The van der Waals surface area contributed by atoms with E-state index >= 15 is 0 Å². The van der Waals surface area contributed by atoms with Crippen LogP contribution in [0.25, 0.3) is 0 Å². The Balaban J connectivity index is 0.00000225. The molecule has 3 nitrogen and oxygen atoms in total. The third kappa shape index (κ3) is 5.98. The van der Waals surface area contributed by atoms with Crippen LogP contribution < -0.4 is 15.7 Å². The van der Waals surface area contributed by atoms with Crippen molar-refractivity contribution in [2.75, 3.05) is 19.6 Å². The SMILES string of the molecule is O=P(N[CH-]CN1CCCCCC1)(c1ccccc1)c1ccccc1.[Pr]. The van der Waals surface area contributed by atoms with E-state index in [2.05, 4.69) is 9.99 Å². The average molecular weight is 482 g/mol. The summed E-state index contributed by atoms with van der Waals surface area (Å²) < 4.78 is 13.8. The van der Waals surface area contributed by atoms with Gasteiger partial charge in [0.2, 0.25) is 0 Å². The maximum absolute atomic E-state index is 13.8. The van der Waals surface area contributed by atoms with Crippen LogP contribution in [0.15, 0.2) is 60.7 Å². The normalized spacial score (nSPS) is 16.0. The Morgan fingerprint density at radius 2 is 1.32 bits per heavy atom. The molecule has 2 aromatic rings. The van der Waals surface area contributed by atoms with Crippen LogP contribution in [0.1, 0.15) is 25.7 Å². The second-order valence-electron chi connectivity index (χ2n) is 6.33. The van der Waals surface area contributed by atoms with Crippen molar-refractivity contribution in [2.45, 2.75) is 25.7 Å². The molecule has 3 rings (SSSR count). The smallest absolute Gasteiger partial charge is 0.177 e. The number of nitrogens with one attached hydrogen (secondary N) is 1. The van der Waals surface area contributed by atoms with Gasteiger partial charge < -0.3 is 9.99 Å². The first kappa shape index (κ1) is 21.3. The molecule has 1 aliphatic rings. The van der Waals surface area contributed by atoms with Crippen molar-refractivity contribution in [3.05, 3.63) is 67.2 Å². The monoisotopic (exact) mass is 482 g/mol. The zero-order valence-electron chi connectivity index (χ0n) is 14.7. The molecule has 5 heteroatoms. The van der Waals surface area contributed by atoms with Gasteiger partial charge in [-0.15, -0.1) is 6.54 Å². The molecule has 0 saturated carbocycles. The molecule has 1 aliphatic heterocycles. The van der Waals surface area contributed by atoms with Crippen molar-refractivity contribution in [1.29, 1.82) is 0 Å². The third-order valence-corrected chi connectivity index (χ3v) is 7.16. The molecule has 1 heterocycles. The van der Waals surface area contributed by atoms with Gasteiger partial charge in [0.25, 0.3) is 0 Å². The van der Waals surface area contributed by atoms with E-state index in [0.717, 1.165) is 30.2 Å². The molecule has 2 aromatic carbocycles. The van der Waals surface area contributed by atoms with Crippen LogP contribution in [0.5, 0.6) is 0 Å². The Hall–Kier alpha value is -0.0464. The van der Waals surface area contributed by atoms with Gasteiger partial charge in [-0.25, -0.2) is 6.54 Å². The number of nitrogens with zero attached hydrogens (tertiary/aromatic N) is 1. The van der Waals surface area contributed by atoms with Crippen molar-refractivity contribution in [3.63, 3.8) is 0 Å². The molecule has 0 unspecified atom stereocenters. The molecule has 0 atom stereocenters. The van der Waals surface area contributed by atoms with E-state index in [4.69, 9.17) is 0 Å². The van der Waals surface area contributed by atoms with E-state index in [1.54, 1.807) is 0 Å². The average Bonchev–Trinajstić information content (AvgIpc) is 2.92. The largest absolute Gasteiger partial charge is 0.410 e. The summed E-state index contributed by atoms with van der Waals surface area (Å²) in [6.07, 6.45) is 5.19. The number of hydrogen-bond acceptors (Lipinski definition) is 2. The van der Waals surface area contributed by atoms with Gasteiger partial charge in [0.15, 0.2) is 7.29 Å². The van der Waals surface area contributed by atoms with Crippen LogP contribution in [0.2, 0.25) is 0 Å². The fraction of sp³-hybridized carbons (Fsp3) is 0.350. The van der Waals surface area contributed by atoms with Gasteiger partial charge in [-0.2, -0.15) is 0 Å². The second-order valence-corrected chi connectivity index (χ2v) is 8.84. The Labute approximate surface area is 185 Å². The first-order chi connectivity index (χ1) is 11.8. The van der Waals surface area contributed by atoms with Crippen molar-refractivity contribution in [2.24, 2.45) is 0 Å². The van der Waals surface area contributed by atoms with Crippen molar-refractivity contribution < 1.29 is 45.9 Å². The van der Waals surface area contributed by atoms with Gasteiger partial charge >= 0.3 is 0 Å². The fourth-order valence-electron chi connectivity index (χ4n) is 3.19. The molecule has 0 amide bonds. The number of likely N-dealkylation sites (tertiary alicyclic amines) is 1. The van der Waals surface area contributed by atoms with Crippen LogP contribution in [0.4, 0.5) is 0 Å². The molecule has 0 bridgehead atoms. The number of rotatable bonds is 6. The van der Waals surface area contributed by atoms with E-state index in [1.807, 2.05) is 67.2 Å². The zero-order chi connectivity index (χ0) is 16.7.